The van der Waals surface area contributed by atoms with Crippen LogP contribution in [0.1, 0.15) is 68.7 Å². The van der Waals surface area contributed by atoms with Gasteiger partial charge in [0.05, 0.1) is 12.0 Å². The number of amides is 3. The molecule has 1 saturated heterocycles. The Morgan fingerprint density at radius 2 is 1.89 bits per heavy atom. The average molecular weight is 536 g/mol. The fourth-order valence-corrected chi connectivity index (χ4v) is 6.40. The number of methoxy groups -OCH3 is 1. The number of aryl methyl sites for hydroxylation is 2. The van der Waals surface area contributed by atoms with E-state index in [0.717, 1.165) is 58.4 Å². The molecule has 0 radical (unpaired) electrons. The van der Waals surface area contributed by atoms with Gasteiger partial charge in [-0.3, -0.25) is 19.3 Å². The minimum atomic E-state index is -0.474. The Bertz CT molecular complexity index is 1300. The molecule has 1 atom stereocenters. The number of para-hydroxylation sites is 1. The maximum Gasteiger partial charge on any atom is 0.294 e. The predicted molar refractivity (Wildman–Crippen MR) is 155 cm³/mol. The van der Waals surface area contributed by atoms with Crippen LogP contribution in [0, 0.1) is 13.8 Å². The van der Waals surface area contributed by atoms with Crippen molar-refractivity contribution in [1.82, 2.24) is 4.90 Å². The van der Waals surface area contributed by atoms with Crippen LogP contribution in [-0.2, 0) is 9.59 Å². The molecule has 1 fully saturated rings. The second kappa shape index (κ2) is 10.8. The zero-order valence-electron chi connectivity index (χ0n) is 23.3. The number of benzene rings is 2. The Kier molecular flexibility index (Phi) is 7.93. The van der Waals surface area contributed by atoms with Crippen molar-refractivity contribution in [3.05, 3.63) is 57.5 Å². The van der Waals surface area contributed by atoms with Crippen molar-refractivity contribution < 1.29 is 19.1 Å². The molecule has 0 saturated carbocycles. The lowest BCUT2D eigenvalue weighted by Crippen LogP contribution is -2.48. The average Bonchev–Trinajstić information content (AvgIpc) is 3.11. The van der Waals surface area contributed by atoms with Crippen LogP contribution in [-0.4, -0.2) is 47.7 Å². The van der Waals surface area contributed by atoms with Gasteiger partial charge in [-0.25, -0.2) is 0 Å². The quantitative estimate of drug-likeness (QED) is 0.408. The molecule has 7 nitrogen and oxygen atoms in total. The summed E-state index contributed by atoms with van der Waals surface area (Å²) in [5.41, 5.74) is 5.67. The third-order valence-electron chi connectivity index (χ3n) is 7.39. The largest absolute Gasteiger partial charge is 0.496 e. The number of nitrogens with one attached hydrogen (secondary N) is 1. The minimum Gasteiger partial charge on any atom is -0.496 e. The van der Waals surface area contributed by atoms with E-state index in [-0.39, 0.29) is 17.0 Å². The lowest BCUT2D eigenvalue weighted by molar-refractivity contribution is -0.127. The van der Waals surface area contributed by atoms with E-state index in [1.807, 2.05) is 32.0 Å². The molecule has 1 N–H and O–H groups in total. The van der Waals surface area contributed by atoms with Gasteiger partial charge in [-0.15, -0.1) is 0 Å². The van der Waals surface area contributed by atoms with Gasteiger partial charge in [0.1, 0.15) is 12.3 Å². The summed E-state index contributed by atoms with van der Waals surface area (Å²) in [6, 6.07) is 9.86. The van der Waals surface area contributed by atoms with Crippen LogP contribution >= 0.6 is 11.8 Å². The molecule has 2 aliphatic rings. The summed E-state index contributed by atoms with van der Waals surface area (Å²) in [6.45, 7) is 13.4. The van der Waals surface area contributed by atoms with Crippen LogP contribution < -0.4 is 15.0 Å². The third-order valence-corrected chi connectivity index (χ3v) is 8.30. The zero-order chi connectivity index (χ0) is 27.8. The predicted octanol–water partition coefficient (Wildman–Crippen LogP) is 6.49. The van der Waals surface area contributed by atoms with Crippen molar-refractivity contribution in [2.75, 3.05) is 30.4 Å². The van der Waals surface area contributed by atoms with Crippen molar-refractivity contribution in [2.45, 2.75) is 65.8 Å². The fourth-order valence-electron chi connectivity index (χ4n) is 5.58. The van der Waals surface area contributed by atoms with Crippen LogP contribution in [0.2, 0.25) is 0 Å². The fraction of sp³-hybridized carbons (Fsp3) is 0.433. The number of rotatable bonds is 7. The van der Waals surface area contributed by atoms with Crippen molar-refractivity contribution in [3.8, 4) is 5.75 Å². The SMILES string of the molecule is CCCN1c2cc(OC)c(/C=C3/SC(=O)N(CC(=O)Nc4c(C)cccc4C)C3=O)cc2C(C)CC1(C)C. The third kappa shape index (κ3) is 5.32. The van der Waals surface area contributed by atoms with Gasteiger partial charge in [-0.2, -0.15) is 0 Å². The summed E-state index contributed by atoms with van der Waals surface area (Å²) in [6.07, 6.45) is 3.76. The van der Waals surface area contributed by atoms with Crippen molar-refractivity contribution in [3.63, 3.8) is 0 Å². The first-order valence-corrected chi connectivity index (χ1v) is 13.9. The molecule has 2 aromatic rings. The first-order valence-electron chi connectivity index (χ1n) is 13.1. The smallest absolute Gasteiger partial charge is 0.294 e. The van der Waals surface area contributed by atoms with Crippen molar-refractivity contribution >= 4 is 46.3 Å². The van der Waals surface area contributed by atoms with E-state index in [2.05, 4.69) is 50.0 Å². The maximum absolute atomic E-state index is 13.2. The molecule has 38 heavy (non-hydrogen) atoms. The number of carbonyl (C=O) groups excluding carboxylic acids is 3. The second-order valence-corrected chi connectivity index (χ2v) is 11.8. The van der Waals surface area contributed by atoms with Gasteiger partial charge in [0.25, 0.3) is 11.1 Å². The lowest BCUT2D eigenvalue weighted by Gasteiger charge is -2.47. The lowest BCUT2D eigenvalue weighted by atomic mass is 9.79. The molecule has 0 spiro atoms. The first kappa shape index (κ1) is 27.8. The maximum atomic E-state index is 13.2. The molecule has 0 aliphatic carbocycles. The van der Waals surface area contributed by atoms with Gasteiger partial charge < -0.3 is 15.0 Å². The van der Waals surface area contributed by atoms with E-state index >= 15 is 0 Å². The summed E-state index contributed by atoms with van der Waals surface area (Å²) in [5, 5.41) is 2.39. The van der Waals surface area contributed by atoms with Crippen LogP contribution in [0.25, 0.3) is 6.08 Å². The molecule has 2 aliphatic heterocycles. The summed E-state index contributed by atoms with van der Waals surface area (Å²) in [4.78, 5) is 42.4. The molecule has 202 valence electrons. The normalized spacial score (nSPS) is 19.7. The summed E-state index contributed by atoms with van der Waals surface area (Å²) in [5.74, 6) is 0.0899. The number of hydrogen-bond donors (Lipinski definition) is 1. The minimum absolute atomic E-state index is 0.0228. The molecule has 3 amide bonds. The van der Waals surface area contributed by atoms with Gasteiger partial charge >= 0.3 is 0 Å². The van der Waals surface area contributed by atoms with E-state index in [9.17, 15) is 14.4 Å². The molecular formula is C30H37N3O4S. The summed E-state index contributed by atoms with van der Waals surface area (Å²) < 4.78 is 5.74. The highest BCUT2D eigenvalue weighted by atomic mass is 32.2. The van der Waals surface area contributed by atoms with Gasteiger partial charge in [0, 0.05) is 35.1 Å². The van der Waals surface area contributed by atoms with Gasteiger partial charge in [-0.05, 0) is 87.0 Å². The highest BCUT2D eigenvalue weighted by molar-refractivity contribution is 8.18. The number of thioether (sulfide) groups is 1. The van der Waals surface area contributed by atoms with Crippen molar-refractivity contribution in [2.24, 2.45) is 0 Å². The number of anilines is 2. The van der Waals surface area contributed by atoms with E-state index in [4.69, 9.17) is 4.74 Å². The Hall–Kier alpha value is -3.26. The van der Waals surface area contributed by atoms with E-state index in [1.165, 1.54) is 5.56 Å². The highest BCUT2D eigenvalue weighted by Crippen LogP contribution is 2.46. The molecule has 2 aromatic carbocycles. The number of hydrogen-bond acceptors (Lipinski definition) is 6. The van der Waals surface area contributed by atoms with E-state index in [1.54, 1.807) is 13.2 Å². The second-order valence-electron chi connectivity index (χ2n) is 10.8. The van der Waals surface area contributed by atoms with Crippen LogP contribution in [0.15, 0.2) is 35.2 Å². The molecule has 0 bridgehead atoms. The molecule has 2 heterocycles. The molecule has 8 heteroatoms. The first-order chi connectivity index (χ1) is 18.0. The standard InChI is InChI=1S/C30H37N3O4S/c1-8-12-33-23-15-24(37-7)21(13-22(23)20(4)16-30(33,5)6)14-25-28(35)32(29(36)38-25)17-26(34)31-27-18(2)10-9-11-19(27)3/h9-11,13-15,20H,8,12,16-17H2,1-7H3,(H,31,34)/b25-14+. The molecule has 1 unspecified atom stereocenters. The Balaban J connectivity index is 1.60. The number of fused-ring (bicyclic) bond motifs is 1. The molecule has 4 rings (SSSR count). The van der Waals surface area contributed by atoms with Crippen LogP contribution in [0.5, 0.6) is 5.75 Å². The van der Waals surface area contributed by atoms with Crippen LogP contribution in [0.4, 0.5) is 16.2 Å². The number of carbonyl (C=O) groups is 3. The Morgan fingerprint density at radius 1 is 1.21 bits per heavy atom. The monoisotopic (exact) mass is 535 g/mol. The number of nitrogens with zero attached hydrogens (tertiary/aromatic N) is 2. The van der Waals surface area contributed by atoms with Crippen molar-refractivity contribution in [1.29, 1.82) is 0 Å². The summed E-state index contributed by atoms with van der Waals surface area (Å²) >= 11 is 0.850. The van der Waals surface area contributed by atoms with Gasteiger partial charge in [0.15, 0.2) is 0 Å². The molecule has 0 aromatic heterocycles. The zero-order valence-corrected chi connectivity index (χ0v) is 24.1. The number of imide groups is 1. The molecular weight excluding hydrogens is 498 g/mol. The Labute approximate surface area is 229 Å². The Morgan fingerprint density at radius 3 is 2.53 bits per heavy atom. The number of ether oxygens (including phenoxy) is 1. The van der Waals surface area contributed by atoms with Crippen LogP contribution in [0.3, 0.4) is 0 Å². The van der Waals surface area contributed by atoms with Gasteiger partial charge in [-0.1, -0.05) is 32.0 Å². The van der Waals surface area contributed by atoms with Gasteiger partial charge in [0.2, 0.25) is 5.91 Å². The summed E-state index contributed by atoms with van der Waals surface area (Å²) in [7, 11) is 1.62. The topological polar surface area (TPSA) is 79.0 Å². The highest BCUT2D eigenvalue weighted by Gasteiger charge is 2.38. The van der Waals surface area contributed by atoms with E-state index < -0.39 is 17.1 Å². The van der Waals surface area contributed by atoms with E-state index in [0.29, 0.717) is 17.4 Å².